The SMILES string of the molecule is CCC(C)(C)N1C=Cc2cc(N)ccc2C1. The Kier molecular flexibility index (Phi) is 2.66. The molecule has 0 bridgehead atoms. The van der Waals surface area contributed by atoms with Crippen molar-refractivity contribution in [2.75, 3.05) is 5.73 Å². The van der Waals surface area contributed by atoms with E-state index in [4.69, 9.17) is 5.73 Å². The van der Waals surface area contributed by atoms with Gasteiger partial charge in [0.25, 0.3) is 0 Å². The highest BCUT2D eigenvalue weighted by Crippen LogP contribution is 2.28. The number of hydrogen-bond acceptors (Lipinski definition) is 2. The van der Waals surface area contributed by atoms with E-state index in [2.05, 4.69) is 44.0 Å². The Morgan fingerprint density at radius 1 is 1.38 bits per heavy atom. The van der Waals surface area contributed by atoms with Crippen molar-refractivity contribution in [3.05, 3.63) is 35.5 Å². The lowest BCUT2D eigenvalue weighted by atomic mass is 9.95. The molecule has 0 aromatic heterocycles. The van der Waals surface area contributed by atoms with Crippen molar-refractivity contribution in [1.82, 2.24) is 4.90 Å². The molecular formula is C14H20N2. The molecule has 16 heavy (non-hydrogen) atoms. The molecule has 0 aliphatic carbocycles. The molecule has 0 atom stereocenters. The lowest BCUT2D eigenvalue weighted by molar-refractivity contribution is 0.170. The van der Waals surface area contributed by atoms with E-state index in [1.54, 1.807) is 0 Å². The van der Waals surface area contributed by atoms with Crippen LogP contribution < -0.4 is 5.73 Å². The Morgan fingerprint density at radius 3 is 2.81 bits per heavy atom. The van der Waals surface area contributed by atoms with Crippen LogP contribution in [0.2, 0.25) is 0 Å². The van der Waals surface area contributed by atoms with E-state index in [9.17, 15) is 0 Å². The molecule has 1 aliphatic heterocycles. The fourth-order valence-electron chi connectivity index (χ4n) is 1.94. The Balaban J connectivity index is 2.29. The average Bonchev–Trinajstić information content (AvgIpc) is 2.28. The second-order valence-electron chi connectivity index (χ2n) is 5.07. The van der Waals surface area contributed by atoms with E-state index in [-0.39, 0.29) is 5.54 Å². The molecular weight excluding hydrogens is 196 g/mol. The summed E-state index contributed by atoms with van der Waals surface area (Å²) in [5.74, 6) is 0. The van der Waals surface area contributed by atoms with Gasteiger partial charge in [0.1, 0.15) is 0 Å². The van der Waals surface area contributed by atoms with Gasteiger partial charge < -0.3 is 10.6 Å². The molecule has 2 N–H and O–H groups in total. The molecule has 0 spiro atoms. The minimum Gasteiger partial charge on any atom is -0.399 e. The Morgan fingerprint density at radius 2 is 2.12 bits per heavy atom. The molecule has 2 rings (SSSR count). The van der Waals surface area contributed by atoms with Crippen LogP contribution in [0, 0.1) is 0 Å². The van der Waals surface area contributed by atoms with Crippen LogP contribution >= 0.6 is 0 Å². The van der Waals surface area contributed by atoms with Crippen LogP contribution in [0.25, 0.3) is 6.08 Å². The number of nitrogen functional groups attached to an aromatic ring is 1. The van der Waals surface area contributed by atoms with E-state index < -0.39 is 0 Å². The highest BCUT2D eigenvalue weighted by atomic mass is 15.2. The Hall–Kier alpha value is -1.44. The normalized spacial score (nSPS) is 15.1. The summed E-state index contributed by atoms with van der Waals surface area (Å²) in [4.78, 5) is 2.39. The standard InChI is InChI=1S/C14H20N2/c1-4-14(2,3)16-8-7-11-9-13(15)6-5-12(11)10-16/h5-9H,4,10,15H2,1-3H3. The van der Waals surface area contributed by atoms with E-state index in [0.717, 1.165) is 18.7 Å². The second kappa shape index (κ2) is 3.85. The third kappa shape index (κ3) is 1.92. The van der Waals surface area contributed by atoms with Gasteiger partial charge in [0.05, 0.1) is 0 Å². The first-order valence-electron chi connectivity index (χ1n) is 5.86. The fraction of sp³-hybridized carbons (Fsp3) is 0.429. The molecule has 0 saturated carbocycles. The van der Waals surface area contributed by atoms with Gasteiger partial charge >= 0.3 is 0 Å². The number of nitrogens with zero attached hydrogens (tertiary/aromatic N) is 1. The molecule has 2 heteroatoms. The first-order valence-corrected chi connectivity index (χ1v) is 5.86. The smallest absolute Gasteiger partial charge is 0.0435 e. The summed E-state index contributed by atoms with van der Waals surface area (Å²) in [5.41, 5.74) is 9.45. The van der Waals surface area contributed by atoms with Crippen LogP contribution in [-0.2, 0) is 6.54 Å². The Bertz CT molecular complexity index is 419. The van der Waals surface area contributed by atoms with Crippen LogP contribution in [0.3, 0.4) is 0 Å². The van der Waals surface area contributed by atoms with Gasteiger partial charge in [-0.2, -0.15) is 0 Å². The number of benzene rings is 1. The minimum atomic E-state index is 0.218. The van der Waals surface area contributed by atoms with Crippen LogP contribution in [0.1, 0.15) is 38.3 Å². The lowest BCUT2D eigenvalue weighted by Crippen LogP contribution is -2.40. The third-order valence-corrected chi connectivity index (χ3v) is 3.59. The topological polar surface area (TPSA) is 29.3 Å². The summed E-state index contributed by atoms with van der Waals surface area (Å²) in [5, 5.41) is 0. The highest BCUT2D eigenvalue weighted by molar-refractivity contribution is 5.61. The second-order valence-corrected chi connectivity index (χ2v) is 5.07. The van der Waals surface area contributed by atoms with Gasteiger partial charge in [0.15, 0.2) is 0 Å². The lowest BCUT2D eigenvalue weighted by Gasteiger charge is -2.39. The molecule has 1 aromatic carbocycles. The quantitative estimate of drug-likeness (QED) is 0.769. The van der Waals surface area contributed by atoms with Crippen molar-refractivity contribution in [1.29, 1.82) is 0 Å². The summed E-state index contributed by atoms with van der Waals surface area (Å²) in [7, 11) is 0. The zero-order valence-corrected chi connectivity index (χ0v) is 10.3. The summed E-state index contributed by atoms with van der Waals surface area (Å²) < 4.78 is 0. The molecule has 2 nitrogen and oxygen atoms in total. The number of nitrogens with two attached hydrogens (primary N) is 1. The van der Waals surface area contributed by atoms with Gasteiger partial charge in [-0.25, -0.2) is 0 Å². The number of rotatable bonds is 2. The van der Waals surface area contributed by atoms with Crippen molar-refractivity contribution in [2.24, 2.45) is 0 Å². The Labute approximate surface area is 97.8 Å². The molecule has 0 radical (unpaired) electrons. The van der Waals surface area contributed by atoms with Gasteiger partial charge in [0.2, 0.25) is 0 Å². The number of anilines is 1. The van der Waals surface area contributed by atoms with Gasteiger partial charge in [-0.15, -0.1) is 0 Å². The average molecular weight is 216 g/mol. The maximum atomic E-state index is 5.78. The zero-order chi connectivity index (χ0) is 11.8. The minimum absolute atomic E-state index is 0.218. The fourth-order valence-corrected chi connectivity index (χ4v) is 1.94. The highest BCUT2D eigenvalue weighted by Gasteiger charge is 2.24. The number of hydrogen-bond donors (Lipinski definition) is 1. The maximum absolute atomic E-state index is 5.78. The first kappa shape index (κ1) is 11.1. The molecule has 0 amide bonds. The van der Waals surface area contributed by atoms with E-state index in [1.165, 1.54) is 11.1 Å². The van der Waals surface area contributed by atoms with Crippen molar-refractivity contribution in [2.45, 2.75) is 39.3 Å². The molecule has 0 saturated heterocycles. The summed E-state index contributed by atoms with van der Waals surface area (Å²) >= 11 is 0. The van der Waals surface area contributed by atoms with Crippen molar-refractivity contribution in [3.8, 4) is 0 Å². The van der Waals surface area contributed by atoms with Crippen LogP contribution in [0.5, 0.6) is 0 Å². The van der Waals surface area contributed by atoms with Crippen molar-refractivity contribution in [3.63, 3.8) is 0 Å². The van der Waals surface area contributed by atoms with Crippen molar-refractivity contribution < 1.29 is 0 Å². The van der Waals surface area contributed by atoms with Gasteiger partial charge in [-0.05, 0) is 49.6 Å². The maximum Gasteiger partial charge on any atom is 0.0435 e. The summed E-state index contributed by atoms with van der Waals surface area (Å²) in [6.45, 7) is 7.76. The van der Waals surface area contributed by atoms with Gasteiger partial charge in [-0.3, -0.25) is 0 Å². The first-order chi connectivity index (χ1) is 7.53. The largest absolute Gasteiger partial charge is 0.399 e. The van der Waals surface area contributed by atoms with E-state index in [0.29, 0.717) is 0 Å². The molecule has 1 aromatic rings. The van der Waals surface area contributed by atoms with Gasteiger partial charge in [0, 0.05) is 24.0 Å². The van der Waals surface area contributed by atoms with E-state index >= 15 is 0 Å². The molecule has 1 heterocycles. The molecule has 1 aliphatic rings. The van der Waals surface area contributed by atoms with Crippen molar-refractivity contribution >= 4 is 11.8 Å². The third-order valence-electron chi connectivity index (χ3n) is 3.59. The predicted octanol–water partition coefficient (Wildman–Crippen LogP) is 3.24. The molecule has 0 fully saturated rings. The monoisotopic (exact) mass is 216 g/mol. The summed E-state index contributed by atoms with van der Waals surface area (Å²) in [6.07, 6.45) is 5.49. The van der Waals surface area contributed by atoms with Crippen LogP contribution in [-0.4, -0.2) is 10.4 Å². The van der Waals surface area contributed by atoms with Gasteiger partial charge in [-0.1, -0.05) is 13.0 Å². The van der Waals surface area contributed by atoms with Crippen LogP contribution in [0.4, 0.5) is 5.69 Å². The predicted molar refractivity (Wildman–Crippen MR) is 69.8 cm³/mol. The van der Waals surface area contributed by atoms with E-state index in [1.807, 2.05) is 12.1 Å². The summed E-state index contributed by atoms with van der Waals surface area (Å²) in [6, 6.07) is 6.16. The molecule has 0 unspecified atom stereocenters. The van der Waals surface area contributed by atoms with Crippen LogP contribution in [0.15, 0.2) is 24.4 Å². The number of fused-ring (bicyclic) bond motifs is 1. The zero-order valence-electron chi connectivity index (χ0n) is 10.3. The molecule has 86 valence electrons.